The Kier molecular flexibility index (Phi) is 3.01. The summed E-state index contributed by atoms with van der Waals surface area (Å²) >= 11 is 0. The molecule has 0 aliphatic rings. The van der Waals surface area contributed by atoms with Crippen molar-refractivity contribution in [3.05, 3.63) is 54.1 Å². The molecular weight excluding hydrogens is 238 g/mol. The molecule has 1 heterocycles. The van der Waals surface area contributed by atoms with Crippen LogP contribution in [0.1, 0.15) is 25.0 Å². The van der Waals surface area contributed by atoms with Gasteiger partial charge in [0.1, 0.15) is 5.52 Å². The van der Waals surface area contributed by atoms with E-state index in [9.17, 15) is 5.11 Å². The second-order valence-electron chi connectivity index (χ2n) is 4.47. The van der Waals surface area contributed by atoms with E-state index in [4.69, 9.17) is 0 Å². The molecule has 2 aromatic carbocycles. The Balaban J connectivity index is 2.22. The molecule has 3 rings (SSSR count). The number of nitrogens with zero attached hydrogens (tertiary/aromatic N) is 3. The van der Waals surface area contributed by atoms with E-state index in [1.165, 1.54) is 0 Å². The molecule has 0 spiro atoms. The lowest BCUT2D eigenvalue weighted by Crippen LogP contribution is -2.05. The van der Waals surface area contributed by atoms with Gasteiger partial charge in [-0.3, -0.25) is 0 Å². The topological polar surface area (TPSA) is 50.9 Å². The molecule has 0 bridgehead atoms. The van der Waals surface area contributed by atoms with E-state index in [0.717, 1.165) is 22.3 Å². The first-order valence-electron chi connectivity index (χ1n) is 6.39. The van der Waals surface area contributed by atoms with Crippen molar-refractivity contribution in [2.24, 2.45) is 0 Å². The number of aromatic nitrogens is 3. The van der Waals surface area contributed by atoms with Crippen molar-refractivity contribution < 1.29 is 5.11 Å². The quantitative estimate of drug-likeness (QED) is 0.780. The maximum Gasteiger partial charge on any atom is 0.113 e. The van der Waals surface area contributed by atoms with Crippen LogP contribution in [0.4, 0.5) is 0 Å². The first kappa shape index (κ1) is 11.9. The summed E-state index contributed by atoms with van der Waals surface area (Å²) in [5.41, 5.74) is 3.55. The summed E-state index contributed by atoms with van der Waals surface area (Å²) in [5.74, 6) is 0. The summed E-state index contributed by atoms with van der Waals surface area (Å²) in [7, 11) is 0. The summed E-state index contributed by atoms with van der Waals surface area (Å²) < 4.78 is 1.78. The van der Waals surface area contributed by atoms with Gasteiger partial charge in [0.05, 0.1) is 17.3 Å². The molecule has 0 saturated carbocycles. The van der Waals surface area contributed by atoms with E-state index in [1.54, 1.807) is 4.68 Å². The van der Waals surface area contributed by atoms with Gasteiger partial charge in [0, 0.05) is 5.56 Å². The molecule has 0 aliphatic carbocycles. The molecule has 3 aromatic rings. The van der Waals surface area contributed by atoms with Crippen LogP contribution in [0, 0.1) is 0 Å². The molecule has 96 valence electrons. The Morgan fingerprint density at radius 1 is 1.11 bits per heavy atom. The van der Waals surface area contributed by atoms with Crippen LogP contribution >= 0.6 is 0 Å². The van der Waals surface area contributed by atoms with Crippen LogP contribution in [0.3, 0.4) is 0 Å². The molecule has 0 fully saturated rings. The van der Waals surface area contributed by atoms with Crippen LogP contribution < -0.4 is 0 Å². The summed E-state index contributed by atoms with van der Waals surface area (Å²) in [6, 6.07) is 15.6. The maximum atomic E-state index is 10.1. The van der Waals surface area contributed by atoms with Crippen molar-refractivity contribution in [3.63, 3.8) is 0 Å². The van der Waals surface area contributed by atoms with Crippen LogP contribution in [-0.2, 0) is 0 Å². The number of fused-ring (bicyclic) bond motifs is 1. The minimum Gasteiger partial charge on any atom is -0.388 e. The van der Waals surface area contributed by atoms with Crippen molar-refractivity contribution >= 4 is 11.0 Å². The van der Waals surface area contributed by atoms with Gasteiger partial charge in [-0.05, 0) is 24.6 Å². The average Bonchev–Trinajstić information content (AvgIpc) is 2.90. The van der Waals surface area contributed by atoms with Crippen molar-refractivity contribution in [2.45, 2.75) is 19.4 Å². The van der Waals surface area contributed by atoms with E-state index >= 15 is 0 Å². The van der Waals surface area contributed by atoms with E-state index in [0.29, 0.717) is 6.42 Å². The smallest absolute Gasteiger partial charge is 0.113 e. The highest BCUT2D eigenvalue weighted by atomic mass is 16.3. The third-order valence-electron chi connectivity index (χ3n) is 3.26. The third-order valence-corrected chi connectivity index (χ3v) is 3.26. The Morgan fingerprint density at radius 2 is 1.84 bits per heavy atom. The summed E-state index contributed by atoms with van der Waals surface area (Å²) in [6.07, 6.45) is 0.183. The van der Waals surface area contributed by atoms with E-state index < -0.39 is 6.10 Å². The standard InChI is InChI=1S/C15H15N3O/c1-2-15(19)11-7-3-5-9-13(11)18-14-10-6-4-8-12(14)16-17-18/h3-10,15,19H,2H2,1H3/t15-/m1/s1. The largest absolute Gasteiger partial charge is 0.388 e. The van der Waals surface area contributed by atoms with Crippen LogP contribution in [0.5, 0.6) is 0 Å². The third kappa shape index (κ3) is 2.00. The Labute approximate surface area is 111 Å². The van der Waals surface area contributed by atoms with Gasteiger partial charge >= 0.3 is 0 Å². The maximum absolute atomic E-state index is 10.1. The molecule has 1 aromatic heterocycles. The van der Waals surface area contributed by atoms with Crippen molar-refractivity contribution in [2.75, 3.05) is 0 Å². The normalized spacial score (nSPS) is 12.7. The number of benzene rings is 2. The number of aliphatic hydroxyl groups is 1. The predicted molar refractivity (Wildman–Crippen MR) is 74.1 cm³/mol. The molecule has 4 nitrogen and oxygen atoms in total. The lowest BCUT2D eigenvalue weighted by atomic mass is 10.1. The van der Waals surface area contributed by atoms with Crippen LogP contribution in [-0.4, -0.2) is 20.1 Å². The summed E-state index contributed by atoms with van der Waals surface area (Å²) in [5, 5.41) is 18.5. The van der Waals surface area contributed by atoms with Crippen molar-refractivity contribution in [1.82, 2.24) is 15.0 Å². The van der Waals surface area contributed by atoms with Gasteiger partial charge in [-0.1, -0.05) is 42.5 Å². The minimum absolute atomic E-state index is 0.487. The molecule has 0 amide bonds. The first-order chi connectivity index (χ1) is 9.31. The van der Waals surface area contributed by atoms with Crippen molar-refractivity contribution in [1.29, 1.82) is 0 Å². The fraction of sp³-hybridized carbons (Fsp3) is 0.200. The van der Waals surface area contributed by atoms with Gasteiger partial charge in [0.2, 0.25) is 0 Å². The Bertz CT molecular complexity index is 705. The van der Waals surface area contributed by atoms with Crippen LogP contribution in [0.25, 0.3) is 16.7 Å². The molecule has 1 atom stereocenters. The van der Waals surface area contributed by atoms with Gasteiger partial charge in [-0.25, -0.2) is 4.68 Å². The number of rotatable bonds is 3. The Morgan fingerprint density at radius 3 is 2.68 bits per heavy atom. The van der Waals surface area contributed by atoms with Crippen LogP contribution in [0.2, 0.25) is 0 Å². The number of para-hydroxylation sites is 2. The molecule has 4 heteroatoms. The van der Waals surface area contributed by atoms with Gasteiger partial charge < -0.3 is 5.11 Å². The fourth-order valence-corrected chi connectivity index (χ4v) is 2.23. The first-order valence-corrected chi connectivity index (χ1v) is 6.39. The summed E-state index contributed by atoms with van der Waals surface area (Å²) in [6.45, 7) is 1.96. The van der Waals surface area contributed by atoms with Gasteiger partial charge in [-0.2, -0.15) is 0 Å². The molecule has 1 N–H and O–H groups in total. The highest BCUT2D eigenvalue weighted by molar-refractivity contribution is 5.76. The monoisotopic (exact) mass is 253 g/mol. The van der Waals surface area contributed by atoms with Gasteiger partial charge in [0.25, 0.3) is 0 Å². The molecular formula is C15H15N3O. The molecule has 19 heavy (non-hydrogen) atoms. The summed E-state index contributed by atoms with van der Waals surface area (Å²) in [4.78, 5) is 0. The Hall–Kier alpha value is -2.20. The number of hydrogen-bond donors (Lipinski definition) is 1. The zero-order chi connectivity index (χ0) is 13.2. The molecule has 0 unspecified atom stereocenters. The average molecular weight is 253 g/mol. The zero-order valence-corrected chi connectivity index (χ0v) is 10.7. The molecule has 0 aliphatic heterocycles. The minimum atomic E-state index is -0.487. The van der Waals surface area contributed by atoms with Gasteiger partial charge in [-0.15, -0.1) is 5.10 Å². The number of hydrogen-bond acceptors (Lipinski definition) is 3. The lowest BCUT2D eigenvalue weighted by molar-refractivity contribution is 0.173. The van der Waals surface area contributed by atoms with Crippen LogP contribution in [0.15, 0.2) is 48.5 Å². The SMILES string of the molecule is CC[C@@H](O)c1ccccc1-n1nnc2ccccc21. The lowest BCUT2D eigenvalue weighted by Gasteiger charge is -2.13. The van der Waals surface area contributed by atoms with E-state index in [1.807, 2.05) is 55.5 Å². The molecule has 0 saturated heterocycles. The second-order valence-corrected chi connectivity index (χ2v) is 4.47. The molecule has 0 radical (unpaired) electrons. The van der Waals surface area contributed by atoms with E-state index in [-0.39, 0.29) is 0 Å². The number of aliphatic hydroxyl groups excluding tert-OH is 1. The van der Waals surface area contributed by atoms with Crippen molar-refractivity contribution in [3.8, 4) is 5.69 Å². The highest BCUT2D eigenvalue weighted by Gasteiger charge is 2.14. The zero-order valence-electron chi connectivity index (χ0n) is 10.7. The second kappa shape index (κ2) is 4.82. The van der Waals surface area contributed by atoms with E-state index in [2.05, 4.69) is 10.3 Å². The highest BCUT2D eigenvalue weighted by Crippen LogP contribution is 2.25. The van der Waals surface area contributed by atoms with Gasteiger partial charge in [0.15, 0.2) is 0 Å². The predicted octanol–water partition coefficient (Wildman–Crippen LogP) is 2.86. The fourth-order valence-electron chi connectivity index (χ4n) is 2.23.